The molecular formula is C28H24N4O4. The van der Waals surface area contributed by atoms with Gasteiger partial charge in [-0.1, -0.05) is 48.6 Å². The molecule has 3 heterocycles. The first kappa shape index (κ1) is 22.1. The van der Waals surface area contributed by atoms with E-state index >= 15 is 0 Å². The monoisotopic (exact) mass is 480 g/mol. The van der Waals surface area contributed by atoms with E-state index in [9.17, 15) is 14.4 Å². The topological polar surface area (TPSA) is 121 Å². The van der Waals surface area contributed by atoms with Crippen LogP contribution >= 0.6 is 0 Å². The lowest BCUT2D eigenvalue weighted by atomic mass is 9.97. The second-order valence-corrected chi connectivity index (χ2v) is 8.91. The molecule has 3 aromatic carbocycles. The van der Waals surface area contributed by atoms with Gasteiger partial charge in [-0.15, -0.1) is 0 Å². The Morgan fingerprint density at radius 1 is 0.944 bits per heavy atom. The van der Waals surface area contributed by atoms with Crippen molar-refractivity contribution in [2.45, 2.75) is 25.8 Å². The number of imide groups is 3. The number of amides is 3. The average Bonchev–Trinajstić information content (AvgIpc) is 3.64. The molecule has 2 aromatic heterocycles. The Labute approximate surface area is 205 Å². The average molecular weight is 481 g/mol. The van der Waals surface area contributed by atoms with Gasteiger partial charge in [0.15, 0.2) is 0 Å². The Hall–Kier alpha value is -4.43. The van der Waals surface area contributed by atoms with Crippen molar-refractivity contribution >= 4 is 61.5 Å². The summed E-state index contributed by atoms with van der Waals surface area (Å²) < 4.78 is 4.99. The van der Waals surface area contributed by atoms with Gasteiger partial charge in [0.25, 0.3) is 11.8 Å². The molecule has 1 aliphatic carbocycles. The highest BCUT2D eigenvalue weighted by Gasteiger charge is 2.45. The highest BCUT2D eigenvalue weighted by Crippen LogP contribution is 2.43. The summed E-state index contributed by atoms with van der Waals surface area (Å²) in [4.78, 5) is 46.6. The van der Waals surface area contributed by atoms with E-state index in [1.54, 1.807) is 6.92 Å². The lowest BCUT2D eigenvalue weighted by Gasteiger charge is -2.10. The fourth-order valence-corrected chi connectivity index (χ4v) is 5.18. The van der Waals surface area contributed by atoms with Crippen molar-refractivity contribution in [3.05, 3.63) is 71.8 Å². The minimum atomic E-state index is -0.954. The number of aromatic nitrogens is 2. The fraction of sp³-hybridized carbons (Fsp3) is 0.179. The summed E-state index contributed by atoms with van der Waals surface area (Å²) in [5.74, 6) is -1.31. The molecule has 1 aliphatic heterocycles. The molecule has 2 aliphatic rings. The number of rotatable bonds is 1. The SMILES string of the molecule is CCOC(=O)N1C(=O)c2c(c3c4ccccc4[nH]c3c3[nH]c4ccccc4c23)C1=O.NC1C=CCC1. The summed E-state index contributed by atoms with van der Waals surface area (Å²) in [6, 6.07) is 15.5. The maximum absolute atomic E-state index is 13.4. The molecule has 8 heteroatoms. The van der Waals surface area contributed by atoms with Gasteiger partial charge in [0.2, 0.25) is 0 Å². The van der Waals surface area contributed by atoms with E-state index in [1.807, 2.05) is 48.5 Å². The number of nitrogens with zero attached hydrogens (tertiary/aromatic N) is 1. The first-order valence-electron chi connectivity index (χ1n) is 12.0. The van der Waals surface area contributed by atoms with Gasteiger partial charge in [0, 0.05) is 38.6 Å². The lowest BCUT2D eigenvalue weighted by molar-refractivity contribution is 0.0597. The van der Waals surface area contributed by atoms with Crippen molar-refractivity contribution in [1.82, 2.24) is 14.9 Å². The summed E-state index contributed by atoms with van der Waals surface area (Å²) in [6.45, 7) is 1.70. The minimum absolute atomic E-state index is 0.0667. The number of carbonyl (C=O) groups excluding carboxylic acids is 3. The summed E-state index contributed by atoms with van der Waals surface area (Å²) in [6.07, 6.45) is 5.57. The lowest BCUT2D eigenvalue weighted by Crippen LogP contribution is -2.36. The van der Waals surface area contributed by atoms with Crippen molar-refractivity contribution < 1.29 is 19.1 Å². The number of H-pyrrole nitrogens is 2. The summed E-state index contributed by atoms with van der Waals surface area (Å²) in [7, 11) is 0. The standard InChI is InChI=1S/C23H15N3O4.C5H9N/c1-2-30-23(29)26-21(27)17-15-11-7-3-5-9-13(11)24-19(15)20-16(18(17)22(26)28)12-8-4-6-10-14(12)25-20;6-5-3-1-2-4-5/h3-10,24-25H,2H2,1H3;1,3,5H,2,4,6H2. The Kier molecular flexibility index (Phi) is 5.12. The molecule has 36 heavy (non-hydrogen) atoms. The number of para-hydroxylation sites is 2. The van der Waals surface area contributed by atoms with E-state index in [-0.39, 0.29) is 17.7 Å². The molecule has 0 bridgehead atoms. The number of benzene rings is 3. The van der Waals surface area contributed by atoms with Crippen LogP contribution < -0.4 is 5.73 Å². The van der Waals surface area contributed by atoms with Gasteiger partial charge >= 0.3 is 6.09 Å². The largest absolute Gasteiger partial charge is 0.449 e. The van der Waals surface area contributed by atoms with E-state index in [0.29, 0.717) is 21.7 Å². The number of nitrogens with two attached hydrogens (primary N) is 1. The summed E-state index contributed by atoms with van der Waals surface area (Å²) in [5, 5.41) is 2.89. The van der Waals surface area contributed by atoms with Crippen LogP contribution in [-0.2, 0) is 4.74 Å². The number of hydrogen-bond donors (Lipinski definition) is 3. The van der Waals surface area contributed by atoms with Gasteiger partial charge in [-0.25, -0.2) is 4.79 Å². The molecule has 0 spiro atoms. The number of allylic oxidation sites excluding steroid dienone is 1. The first-order valence-corrected chi connectivity index (χ1v) is 12.0. The molecule has 4 N–H and O–H groups in total. The van der Waals surface area contributed by atoms with Crippen LogP contribution in [0.1, 0.15) is 40.5 Å². The van der Waals surface area contributed by atoms with E-state index < -0.39 is 17.9 Å². The van der Waals surface area contributed by atoms with E-state index in [1.165, 1.54) is 6.42 Å². The second kappa shape index (κ2) is 8.35. The van der Waals surface area contributed by atoms with Gasteiger partial charge < -0.3 is 20.4 Å². The Bertz CT molecular complexity index is 1630. The molecule has 7 rings (SSSR count). The Balaban J connectivity index is 0.000000353. The molecule has 180 valence electrons. The fourth-order valence-electron chi connectivity index (χ4n) is 5.18. The summed E-state index contributed by atoms with van der Waals surface area (Å²) in [5.41, 5.74) is 9.06. The molecule has 1 atom stereocenters. The van der Waals surface area contributed by atoms with E-state index in [2.05, 4.69) is 22.1 Å². The van der Waals surface area contributed by atoms with Crippen LogP contribution in [0.2, 0.25) is 0 Å². The predicted octanol–water partition coefficient (Wildman–Crippen LogP) is 5.37. The zero-order valence-electron chi connectivity index (χ0n) is 19.6. The molecular weight excluding hydrogens is 456 g/mol. The number of hydrogen-bond acceptors (Lipinski definition) is 5. The molecule has 8 nitrogen and oxygen atoms in total. The van der Waals surface area contributed by atoms with Crippen LogP contribution in [0.15, 0.2) is 60.7 Å². The molecule has 0 radical (unpaired) electrons. The molecule has 3 amide bonds. The van der Waals surface area contributed by atoms with Crippen LogP contribution in [0.5, 0.6) is 0 Å². The highest BCUT2D eigenvalue weighted by atomic mass is 16.6. The van der Waals surface area contributed by atoms with Gasteiger partial charge in [-0.05, 0) is 31.9 Å². The van der Waals surface area contributed by atoms with Crippen LogP contribution in [0.3, 0.4) is 0 Å². The maximum Gasteiger partial charge on any atom is 0.424 e. The van der Waals surface area contributed by atoms with Gasteiger partial charge in [0.05, 0.1) is 28.8 Å². The van der Waals surface area contributed by atoms with E-state index in [0.717, 1.165) is 39.3 Å². The molecule has 1 unspecified atom stereocenters. The molecule has 0 saturated carbocycles. The summed E-state index contributed by atoms with van der Waals surface area (Å²) >= 11 is 0. The first-order chi connectivity index (χ1) is 17.5. The van der Waals surface area contributed by atoms with Crippen LogP contribution in [0, 0.1) is 0 Å². The normalized spacial score (nSPS) is 16.8. The number of aromatic amines is 2. The number of ether oxygens (including phenoxy) is 1. The highest BCUT2D eigenvalue weighted by molar-refractivity contribution is 6.41. The third kappa shape index (κ3) is 3.15. The van der Waals surface area contributed by atoms with Gasteiger partial charge in [0.1, 0.15) is 0 Å². The van der Waals surface area contributed by atoms with Crippen LogP contribution in [0.4, 0.5) is 4.79 Å². The molecule has 0 saturated heterocycles. The third-order valence-corrected chi connectivity index (χ3v) is 6.75. The zero-order chi connectivity index (χ0) is 25.0. The quantitative estimate of drug-likeness (QED) is 0.220. The van der Waals surface area contributed by atoms with Gasteiger partial charge in [-0.2, -0.15) is 4.90 Å². The number of fused-ring (bicyclic) bond motifs is 10. The molecule has 0 fully saturated rings. The van der Waals surface area contributed by atoms with Crippen LogP contribution in [0.25, 0.3) is 43.6 Å². The second-order valence-electron chi connectivity index (χ2n) is 8.91. The van der Waals surface area contributed by atoms with Gasteiger partial charge in [-0.3, -0.25) is 9.59 Å². The van der Waals surface area contributed by atoms with Crippen molar-refractivity contribution in [3.8, 4) is 0 Å². The third-order valence-electron chi connectivity index (χ3n) is 6.75. The van der Waals surface area contributed by atoms with Crippen LogP contribution in [-0.4, -0.2) is 45.4 Å². The molecule has 5 aromatic rings. The van der Waals surface area contributed by atoms with Crippen molar-refractivity contribution in [1.29, 1.82) is 0 Å². The van der Waals surface area contributed by atoms with E-state index in [4.69, 9.17) is 10.5 Å². The Morgan fingerprint density at radius 2 is 1.47 bits per heavy atom. The Morgan fingerprint density at radius 3 is 1.89 bits per heavy atom. The zero-order valence-corrected chi connectivity index (χ0v) is 19.6. The number of carbonyl (C=O) groups is 3. The minimum Gasteiger partial charge on any atom is -0.449 e. The smallest absolute Gasteiger partial charge is 0.424 e. The predicted molar refractivity (Wildman–Crippen MR) is 139 cm³/mol. The maximum atomic E-state index is 13.4. The van der Waals surface area contributed by atoms with Crippen molar-refractivity contribution in [2.75, 3.05) is 6.61 Å². The number of nitrogens with one attached hydrogen (secondary N) is 2. The van der Waals surface area contributed by atoms with Crippen molar-refractivity contribution in [2.24, 2.45) is 5.73 Å². The van der Waals surface area contributed by atoms with Crippen molar-refractivity contribution in [3.63, 3.8) is 0 Å².